The van der Waals surface area contributed by atoms with E-state index >= 15 is 0 Å². The third-order valence-corrected chi connectivity index (χ3v) is 16.1. The highest BCUT2D eigenvalue weighted by Crippen LogP contribution is 2.19. The third-order valence-electron chi connectivity index (χ3n) is 16.1. The molecule has 0 aromatic rings. The van der Waals surface area contributed by atoms with Crippen molar-refractivity contribution in [1.29, 1.82) is 0 Å². The van der Waals surface area contributed by atoms with Crippen LogP contribution in [0.15, 0.2) is 0 Å². The second-order valence-corrected chi connectivity index (χ2v) is 23.8. The molecule has 0 aliphatic carbocycles. The van der Waals surface area contributed by atoms with Crippen LogP contribution in [0.5, 0.6) is 0 Å². The zero-order valence-corrected chi connectivity index (χ0v) is 51.4. The molecule has 0 radical (unpaired) electrons. The standard InChI is InChI=1S/C69H134O6/c1-4-7-10-13-16-19-22-25-28-31-33-34-36-38-41-44-47-50-53-56-59-62-68(71)74-65-66(64-73-67(70)61-58-55-52-49-46-43-40-37-30-27-24-21-18-15-12-9-6-3)75-69(72)63-60-57-54-51-48-45-42-39-35-32-29-26-23-20-17-14-11-8-5-2/h66H,4-65H2,1-3H3. The summed E-state index contributed by atoms with van der Waals surface area (Å²) in [6.45, 7) is 6.75. The molecule has 0 aromatic heterocycles. The van der Waals surface area contributed by atoms with Gasteiger partial charge in [-0.1, -0.05) is 367 Å². The van der Waals surface area contributed by atoms with Crippen molar-refractivity contribution < 1.29 is 28.6 Å². The monoisotopic (exact) mass is 1060 g/mol. The zero-order chi connectivity index (χ0) is 54.3. The number of carbonyl (C=O) groups is 3. The Balaban J connectivity index is 4.26. The lowest BCUT2D eigenvalue weighted by atomic mass is 10.0. The molecule has 0 aliphatic rings. The maximum Gasteiger partial charge on any atom is 0.306 e. The molecule has 0 aromatic carbocycles. The Kier molecular flexibility index (Phi) is 63.6. The van der Waals surface area contributed by atoms with Gasteiger partial charge in [0.25, 0.3) is 0 Å². The van der Waals surface area contributed by atoms with E-state index in [-0.39, 0.29) is 31.1 Å². The van der Waals surface area contributed by atoms with E-state index in [0.29, 0.717) is 19.3 Å². The van der Waals surface area contributed by atoms with Crippen LogP contribution in [0.25, 0.3) is 0 Å². The predicted octanol–water partition coefficient (Wildman–Crippen LogP) is 23.5. The molecule has 0 saturated carbocycles. The Bertz CT molecular complexity index is 1120. The quantitative estimate of drug-likeness (QED) is 0.0343. The SMILES string of the molecule is CCCCCCCCCCCCCCCCCCCCCCCC(=O)OCC(COC(=O)CCCCCCCCCCCCCCCCCCC)OC(=O)CCCCCCCCCCCCCCCCCCCCC. The third kappa shape index (κ3) is 63.1. The van der Waals surface area contributed by atoms with Crippen molar-refractivity contribution in [3.8, 4) is 0 Å². The average molecular weight is 1060 g/mol. The summed E-state index contributed by atoms with van der Waals surface area (Å²) in [4.78, 5) is 38.4. The van der Waals surface area contributed by atoms with E-state index in [4.69, 9.17) is 14.2 Å². The molecule has 0 amide bonds. The Morgan fingerprint density at radius 3 is 0.533 bits per heavy atom. The number of hydrogen-bond donors (Lipinski definition) is 0. The zero-order valence-electron chi connectivity index (χ0n) is 51.4. The van der Waals surface area contributed by atoms with Crippen LogP contribution in [0.1, 0.15) is 406 Å². The van der Waals surface area contributed by atoms with E-state index in [0.717, 1.165) is 57.8 Å². The molecule has 0 aliphatic heterocycles. The van der Waals surface area contributed by atoms with Gasteiger partial charge in [0.2, 0.25) is 0 Å². The first-order valence-electron chi connectivity index (χ1n) is 34.5. The molecule has 0 rings (SSSR count). The molecule has 6 heteroatoms. The molecule has 0 saturated heterocycles. The van der Waals surface area contributed by atoms with Gasteiger partial charge in [0.05, 0.1) is 0 Å². The Labute approximate surface area is 469 Å². The van der Waals surface area contributed by atoms with Crippen molar-refractivity contribution in [2.45, 2.75) is 412 Å². The number of hydrogen-bond acceptors (Lipinski definition) is 6. The summed E-state index contributed by atoms with van der Waals surface area (Å²) in [6.07, 6.45) is 75.5. The van der Waals surface area contributed by atoms with E-state index in [2.05, 4.69) is 20.8 Å². The average Bonchev–Trinajstić information content (AvgIpc) is 3.41. The smallest absolute Gasteiger partial charge is 0.306 e. The first-order chi connectivity index (χ1) is 37.0. The van der Waals surface area contributed by atoms with Gasteiger partial charge in [-0.25, -0.2) is 0 Å². The summed E-state index contributed by atoms with van der Waals surface area (Å²) in [5, 5.41) is 0. The van der Waals surface area contributed by atoms with Crippen LogP contribution < -0.4 is 0 Å². The lowest BCUT2D eigenvalue weighted by molar-refractivity contribution is -0.167. The fourth-order valence-corrected chi connectivity index (χ4v) is 10.9. The molecular weight excluding hydrogens is 925 g/mol. The lowest BCUT2D eigenvalue weighted by Gasteiger charge is -2.18. The van der Waals surface area contributed by atoms with Crippen LogP contribution in [0.4, 0.5) is 0 Å². The van der Waals surface area contributed by atoms with E-state index in [1.165, 1.54) is 308 Å². The van der Waals surface area contributed by atoms with Gasteiger partial charge >= 0.3 is 17.9 Å². The minimum Gasteiger partial charge on any atom is -0.462 e. The summed E-state index contributed by atoms with van der Waals surface area (Å²) in [5.74, 6) is -0.819. The van der Waals surface area contributed by atoms with Gasteiger partial charge in [0, 0.05) is 19.3 Å². The largest absolute Gasteiger partial charge is 0.462 e. The highest BCUT2D eigenvalue weighted by molar-refractivity contribution is 5.71. The Morgan fingerprint density at radius 1 is 0.213 bits per heavy atom. The van der Waals surface area contributed by atoms with E-state index < -0.39 is 6.10 Å². The fraction of sp³-hybridized carbons (Fsp3) is 0.957. The van der Waals surface area contributed by atoms with Crippen LogP contribution >= 0.6 is 0 Å². The molecule has 0 heterocycles. The number of unbranched alkanes of at least 4 members (excludes halogenated alkanes) is 54. The normalized spacial score (nSPS) is 11.9. The molecule has 6 nitrogen and oxygen atoms in total. The van der Waals surface area contributed by atoms with Crippen molar-refractivity contribution >= 4 is 17.9 Å². The van der Waals surface area contributed by atoms with Gasteiger partial charge < -0.3 is 14.2 Å². The topological polar surface area (TPSA) is 78.9 Å². The molecule has 75 heavy (non-hydrogen) atoms. The van der Waals surface area contributed by atoms with Crippen molar-refractivity contribution in [3.63, 3.8) is 0 Å². The molecule has 1 unspecified atom stereocenters. The predicted molar refractivity (Wildman–Crippen MR) is 326 cm³/mol. The minimum absolute atomic E-state index is 0.0601. The van der Waals surface area contributed by atoms with Crippen LogP contribution in [0.3, 0.4) is 0 Å². The summed E-state index contributed by atoms with van der Waals surface area (Å²) in [5.41, 5.74) is 0. The number of carbonyl (C=O) groups excluding carboxylic acids is 3. The molecule has 0 bridgehead atoms. The number of ether oxygens (including phenoxy) is 3. The van der Waals surface area contributed by atoms with Crippen LogP contribution in [-0.2, 0) is 28.6 Å². The Morgan fingerprint density at radius 2 is 0.360 bits per heavy atom. The molecule has 1 atom stereocenters. The van der Waals surface area contributed by atoms with E-state index in [9.17, 15) is 14.4 Å². The lowest BCUT2D eigenvalue weighted by Crippen LogP contribution is -2.30. The molecule has 0 fully saturated rings. The molecular formula is C69H134O6. The summed E-state index contributed by atoms with van der Waals surface area (Å²) < 4.78 is 17.0. The summed E-state index contributed by atoms with van der Waals surface area (Å²) >= 11 is 0. The summed E-state index contributed by atoms with van der Waals surface area (Å²) in [6, 6.07) is 0. The second-order valence-electron chi connectivity index (χ2n) is 23.8. The fourth-order valence-electron chi connectivity index (χ4n) is 10.9. The second kappa shape index (κ2) is 64.9. The van der Waals surface area contributed by atoms with Crippen LogP contribution in [0, 0.1) is 0 Å². The first-order valence-corrected chi connectivity index (χ1v) is 34.5. The van der Waals surface area contributed by atoms with E-state index in [1.807, 2.05) is 0 Å². The van der Waals surface area contributed by atoms with Gasteiger partial charge in [-0.3, -0.25) is 14.4 Å². The van der Waals surface area contributed by atoms with Gasteiger partial charge in [-0.15, -0.1) is 0 Å². The first kappa shape index (κ1) is 73.4. The van der Waals surface area contributed by atoms with Crippen molar-refractivity contribution in [1.82, 2.24) is 0 Å². The maximum absolute atomic E-state index is 12.9. The van der Waals surface area contributed by atoms with Crippen molar-refractivity contribution in [2.24, 2.45) is 0 Å². The molecule has 0 spiro atoms. The van der Waals surface area contributed by atoms with Gasteiger partial charge in [0.15, 0.2) is 6.10 Å². The van der Waals surface area contributed by atoms with Crippen LogP contribution in [-0.4, -0.2) is 37.2 Å². The highest BCUT2D eigenvalue weighted by atomic mass is 16.6. The molecule has 446 valence electrons. The van der Waals surface area contributed by atoms with Crippen molar-refractivity contribution in [2.75, 3.05) is 13.2 Å². The molecule has 0 N–H and O–H groups in total. The van der Waals surface area contributed by atoms with Gasteiger partial charge in [0.1, 0.15) is 13.2 Å². The van der Waals surface area contributed by atoms with Gasteiger partial charge in [-0.05, 0) is 19.3 Å². The minimum atomic E-state index is -0.763. The highest BCUT2D eigenvalue weighted by Gasteiger charge is 2.19. The van der Waals surface area contributed by atoms with Gasteiger partial charge in [-0.2, -0.15) is 0 Å². The Hall–Kier alpha value is -1.59. The van der Waals surface area contributed by atoms with Crippen LogP contribution in [0.2, 0.25) is 0 Å². The van der Waals surface area contributed by atoms with E-state index in [1.54, 1.807) is 0 Å². The van der Waals surface area contributed by atoms with Crippen molar-refractivity contribution in [3.05, 3.63) is 0 Å². The summed E-state index contributed by atoms with van der Waals surface area (Å²) in [7, 11) is 0. The number of rotatable bonds is 65. The maximum atomic E-state index is 12.9. The number of esters is 3.